The van der Waals surface area contributed by atoms with Crippen LogP contribution in [0.25, 0.3) is 0 Å². The number of Topliss-reactive ketones (excluding diaryl/α,β-unsaturated/α-hetero) is 1. The van der Waals surface area contributed by atoms with Gasteiger partial charge in [0.05, 0.1) is 25.5 Å². The van der Waals surface area contributed by atoms with Crippen molar-refractivity contribution in [2.75, 3.05) is 19.0 Å². The number of methoxy groups -OCH3 is 1. The van der Waals surface area contributed by atoms with Gasteiger partial charge in [-0.25, -0.2) is 4.98 Å². The highest BCUT2D eigenvalue weighted by atomic mass is 16.5. The van der Waals surface area contributed by atoms with E-state index in [1.807, 2.05) is 33.8 Å². The number of carbonyl (C=O) groups is 1. The molecule has 0 fully saturated rings. The zero-order chi connectivity index (χ0) is 16.4. The fourth-order valence-electron chi connectivity index (χ4n) is 0.832. The molecule has 20 heavy (non-hydrogen) atoms. The zero-order valence-electron chi connectivity index (χ0n) is 14.4. The first-order chi connectivity index (χ1) is 9.63. The van der Waals surface area contributed by atoms with Crippen LogP contribution in [0.4, 0.5) is 5.69 Å². The molecule has 0 aliphatic rings. The average Bonchev–Trinajstić information content (AvgIpc) is 2.50. The van der Waals surface area contributed by atoms with Gasteiger partial charge in [-0.3, -0.25) is 4.79 Å². The van der Waals surface area contributed by atoms with Gasteiger partial charge in [0.1, 0.15) is 5.78 Å². The molecular formula is C16H32N2O2. The minimum absolute atomic E-state index is 0.0934. The SMILES string of the molecule is CC.CC.CCC.COc1ccc(NCC(C)=O)cn1. The van der Waals surface area contributed by atoms with Crippen molar-refractivity contribution in [1.82, 2.24) is 4.98 Å². The molecular weight excluding hydrogens is 252 g/mol. The standard InChI is InChI=1S/C9H12N2O2.C3H8.2C2H6/c1-7(12)5-10-8-3-4-9(13-2)11-6-8;1-3-2;2*1-2/h3-4,6,10H,5H2,1-2H3;3H2,1-2H3;2*1-2H3. The van der Waals surface area contributed by atoms with Gasteiger partial charge in [0.15, 0.2) is 0 Å². The van der Waals surface area contributed by atoms with Crippen LogP contribution in [0.1, 0.15) is 54.9 Å². The number of carbonyl (C=O) groups excluding carboxylic acids is 1. The Balaban J connectivity index is -0.000000355. The van der Waals surface area contributed by atoms with Crippen molar-refractivity contribution in [1.29, 1.82) is 0 Å². The quantitative estimate of drug-likeness (QED) is 0.880. The number of nitrogens with one attached hydrogen (secondary N) is 1. The smallest absolute Gasteiger partial charge is 0.213 e. The fraction of sp³-hybridized carbons (Fsp3) is 0.625. The lowest BCUT2D eigenvalue weighted by molar-refractivity contribution is -0.115. The molecule has 0 atom stereocenters. The molecule has 0 aliphatic carbocycles. The highest BCUT2D eigenvalue weighted by molar-refractivity contribution is 5.80. The van der Waals surface area contributed by atoms with Crippen molar-refractivity contribution < 1.29 is 9.53 Å². The third-order valence-corrected chi connectivity index (χ3v) is 1.49. The predicted molar refractivity (Wildman–Crippen MR) is 88.6 cm³/mol. The van der Waals surface area contributed by atoms with E-state index in [1.54, 1.807) is 19.4 Å². The van der Waals surface area contributed by atoms with E-state index in [9.17, 15) is 4.79 Å². The summed E-state index contributed by atoms with van der Waals surface area (Å²) in [4.78, 5) is 14.6. The first kappa shape index (κ1) is 23.5. The number of hydrogen-bond acceptors (Lipinski definition) is 4. The lowest BCUT2D eigenvalue weighted by atomic mass is 10.4. The molecule has 4 nitrogen and oxygen atoms in total. The number of anilines is 1. The second-order valence-corrected chi connectivity index (χ2v) is 3.35. The molecule has 1 heterocycles. The Morgan fingerprint density at radius 2 is 1.70 bits per heavy atom. The second-order valence-electron chi connectivity index (χ2n) is 3.35. The lowest BCUT2D eigenvalue weighted by Gasteiger charge is -2.03. The van der Waals surface area contributed by atoms with E-state index in [1.165, 1.54) is 13.3 Å². The van der Waals surface area contributed by atoms with Crippen LogP contribution in [-0.2, 0) is 4.79 Å². The summed E-state index contributed by atoms with van der Waals surface area (Å²) in [7, 11) is 1.56. The van der Waals surface area contributed by atoms with Gasteiger partial charge in [-0.1, -0.05) is 48.0 Å². The fourth-order valence-corrected chi connectivity index (χ4v) is 0.832. The van der Waals surface area contributed by atoms with E-state index >= 15 is 0 Å². The van der Waals surface area contributed by atoms with Crippen LogP contribution in [0.3, 0.4) is 0 Å². The molecule has 1 N–H and O–H groups in total. The Morgan fingerprint density at radius 1 is 1.20 bits per heavy atom. The number of rotatable bonds is 4. The first-order valence-electron chi connectivity index (χ1n) is 7.37. The Morgan fingerprint density at radius 3 is 2.00 bits per heavy atom. The molecule has 0 aromatic carbocycles. The Bertz CT molecular complexity index is 298. The number of pyridine rings is 1. The number of aromatic nitrogens is 1. The van der Waals surface area contributed by atoms with Crippen LogP contribution in [0.5, 0.6) is 5.88 Å². The molecule has 1 aromatic heterocycles. The van der Waals surface area contributed by atoms with Crippen LogP contribution >= 0.6 is 0 Å². The van der Waals surface area contributed by atoms with Crippen LogP contribution in [0.15, 0.2) is 18.3 Å². The maximum atomic E-state index is 10.6. The number of nitrogens with zero attached hydrogens (tertiary/aromatic N) is 1. The van der Waals surface area contributed by atoms with Crippen molar-refractivity contribution in [3.63, 3.8) is 0 Å². The summed E-state index contributed by atoms with van der Waals surface area (Å²) < 4.78 is 4.89. The summed E-state index contributed by atoms with van der Waals surface area (Å²) >= 11 is 0. The molecule has 4 heteroatoms. The van der Waals surface area contributed by atoms with Gasteiger partial charge in [0.2, 0.25) is 5.88 Å². The third-order valence-electron chi connectivity index (χ3n) is 1.49. The van der Waals surface area contributed by atoms with E-state index < -0.39 is 0 Å². The highest BCUT2D eigenvalue weighted by Gasteiger charge is 1.95. The summed E-state index contributed by atoms with van der Waals surface area (Å²) in [6.07, 6.45) is 2.88. The molecule has 0 aliphatic heterocycles. The molecule has 0 unspecified atom stereocenters. The summed E-state index contributed by atoms with van der Waals surface area (Å²) in [5.74, 6) is 0.657. The van der Waals surface area contributed by atoms with Gasteiger partial charge in [-0.15, -0.1) is 0 Å². The molecule has 0 radical (unpaired) electrons. The van der Waals surface area contributed by atoms with Crippen LogP contribution < -0.4 is 10.1 Å². The minimum atomic E-state index is 0.0934. The molecule has 0 amide bonds. The molecule has 1 aromatic rings. The Hall–Kier alpha value is -1.58. The van der Waals surface area contributed by atoms with Crippen molar-refractivity contribution in [2.24, 2.45) is 0 Å². The average molecular weight is 284 g/mol. The Labute approximate surface area is 125 Å². The zero-order valence-corrected chi connectivity index (χ0v) is 14.4. The third kappa shape index (κ3) is 16.4. The maximum absolute atomic E-state index is 10.6. The van der Waals surface area contributed by atoms with E-state index in [0.29, 0.717) is 12.4 Å². The first-order valence-corrected chi connectivity index (χ1v) is 7.37. The van der Waals surface area contributed by atoms with Crippen LogP contribution in [-0.4, -0.2) is 24.4 Å². The molecule has 0 bridgehead atoms. The van der Waals surface area contributed by atoms with Gasteiger partial charge in [0.25, 0.3) is 0 Å². The molecule has 0 saturated heterocycles. The number of ketones is 1. The topological polar surface area (TPSA) is 51.2 Å². The second kappa shape index (κ2) is 19.8. The summed E-state index contributed by atoms with van der Waals surface area (Å²) in [6, 6.07) is 3.55. The molecule has 0 saturated carbocycles. The Kier molecular flexibility index (Phi) is 23.2. The molecule has 118 valence electrons. The normalized spacial score (nSPS) is 7.60. The van der Waals surface area contributed by atoms with Gasteiger partial charge in [-0.2, -0.15) is 0 Å². The van der Waals surface area contributed by atoms with Gasteiger partial charge >= 0.3 is 0 Å². The van der Waals surface area contributed by atoms with E-state index in [-0.39, 0.29) is 5.78 Å². The van der Waals surface area contributed by atoms with Crippen molar-refractivity contribution >= 4 is 11.5 Å². The van der Waals surface area contributed by atoms with E-state index in [0.717, 1.165) is 5.69 Å². The van der Waals surface area contributed by atoms with Crippen LogP contribution in [0.2, 0.25) is 0 Å². The predicted octanol–water partition coefficient (Wildman–Crippen LogP) is 4.56. The number of ether oxygens (including phenoxy) is 1. The summed E-state index contributed by atoms with van der Waals surface area (Å²) in [5.41, 5.74) is 0.816. The largest absolute Gasteiger partial charge is 0.481 e. The molecule has 0 spiro atoms. The lowest BCUT2D eigenvalue weighted by Crippen LogP contribution is -2.09. The van der Waals surface area contributed by atoms with Crippen molar-refractivity contribution in [3.8, 4) is 5.88 Å². The monoisotopic (exact) mass is 284 g/mol. The number of hydrogen-bond donors (Lipinski definition) is 1. The van der Waals surface area contributed by atoms with Gasteiger partial charge in [-0.05, 0) is 13.0 Å². The molecule has 1 rings (SSSR count). The van der Waals surface area contributed by atoms with Crippen LogP contribution in [0, 0.1) is 0 Å². The van der Waals surface area contributed by atoms with Gasteiger partial charge < -0.3 is 10.1 Å². The van der Waals surface area contributed by atoms with Crippen molar-refractivity contribution in [3.05, 3.63) is 18.3 Å². The van der Waals surface area contributed by atoms with Crippen molar-refractivity contribution in [2.45, 2.75) is 54.9 Å². The maximum Gasteiger partial charge on any atom is 0.213 e. The summed E-state index contributed by atoms with van der Waals surface area (Å²) in [5, 5.41) is 2.93. The van der Waals surface area contributed by atoms with E-state index in [2.05, 4.69) is 24.1 Å². The summed E-state index contributed by atoms with van der Waals surface area (Å²) in [6.45, 7) is 14.1. The minimum Gasteiger partial charge on any atom is -0.481 e. The van der Waals surface area contributed by atoms with Gasteiger partial charge in [0, 0.05) is 6.07 Å². The highest BCUT2D eigenvalue weighted by Crippen LogP contribution is 2.10. The van der Waals surface area contributed by atoms with E-state index in [4.69, 9.17) is 4.74 Å².